The number of carbonyl (C=O) groups is 2. The number of anilines is 2. The Bertz CT molecular complexity index is 986. The summed E-state index contributed by atoms with van der Waals surface area (Å²) in [6.07, 6.45) is 1.41. The first-order chi connectivity index (χ1) is 13.0. The Morgan fingerprint density at radius 3 is 2.52 bits per heavy atom. The molecule has 1 fully saturated rings. The van der Waals surface area contributed by atoms with Crippen LogP contribution in [-0.2, 0) is 9.59 Å². The van der Waals surface area contributed by atoms with Crippen LogP contribution in [0.4, 0.5) is 11.4 Å². The Hall–Kier alpha value is -3.53. The number of hydrogen-bond donors (Lipinski definition) is 2. The van der Waals surface area contributed by atoms with Crippen LogP contribution in [0, 0.1) is 6.92 Å². The van der Waals surface area contributed by atoms with Crippen molar-refractivity contribution >= 4 is 46.6 Å². The highest BCUT2D eigenvalue weighted by Crippen LogP contribution is 2.25. The van der Waals surface area contributed by atoms with Gasteiger partial charge < -0.3 is 4.42 Å². The summed E-state index contributed by atoms with van der Waals surface area (Å²) < 4.78 is 5.43. The molecule has 1 aromatic heterocycles. The van der Waals surface area contributed by atoms with Gasteiger partial charge in [-0.2, -0.15) is 5.53 Å². The fraction of sp³-hybridized carbons (Fsp3) is 0.118. The number of thiocarbonyl (C=S) groups is 1. The minimum absolute atomic E-state index is 0.0230. The lowest BCUT2D eigenvalue weighted by atomic mass is 10.1. The molecule has 4 rings (SSSR count). The standard InChI is InChI=1S/C17H14N6O3S/c1-10-2-7-13(26-10)8-14-15(24)19-17(27)23(16(14)25)12-5-3-11(4-6-12)22-9-18-20-21-22/h2-8H,9H2,1H3,(H,18,21)(H,19,24,27)/b14-8+. The van der Waals surface area contributed by atoms with Gasteiger partial charge in [0, 0.05) is 0 Å². The van der Waals surface area contributed by atoms with E-state index in [0.717, 1.165) is 5.69 Å². The monoisotopic (exact) mass is 382 g/mol. The fourth-order valence-corrected chi connectivity index (χ4v) is 2.98. The maximum Gasteiger partial charge on any atom is 0.270 e. The van der Waals surface area contributed by atoms with E-state index in [1.165, 1.54) is 11.0 Å². The predicted molar refractivity (Wildman–Crippen MR) is 101 cm³/mol. The van der Waals surface area contributed by atoms with Gasteiger partial charge in [0.1, 0.15) is 17.1 Å². The first kappa shape index (κ1) is 16.9. The highest BCUT2D eigenvalue weighted by molar-refractivity contribution is 7.80. The molecule has 9 nitrogen and oxygen atoms in total. The summed E-state index contributed by atoms with van der Waals surface area (Å²) in [5.74, 6) is 0.0236. The quantitative estimate of drug-likeness (QED) is 0.479. The zero-order valence-corrected chi connectivity index (χ0v) is 15.0. The third-order valence-electron chi connectivity index (χ3n) is 4.01. The molecular formula is C17H14N6O3S. The van der Waals surface area contributed by atoms with Gasteiger partial charge in [-0.3, -0.25) is 19.8 Å². The summed E-state index contributed by atoms with van der Waals surface area (Å²) in [7, 11) is 0. The minimum atomic E-state index is -0.559. The number of rotatable bonds is 3. The molecule has 1 aromatic carbocycles. The molecule has 0 radical (unpaired) electrons. The Morgan fingerprint density at radius 2 is 1.89 bits per heavy atom. The van der Waals surface area contributed by atoms with E-state index in [1.807, 2.05) is 0 Å². The zero-order chi connectivity index (χ0) is 19.0. The first-order valence-corrected chi connectivity index (χ1v) is 8.41. The van der Waals surface area contributed by atoms with Crippen molar-refractivity contribution in [2.24, 2.45) is 10.3 Å². The van der Waals surface area contributed by atoms with Crippen LogP contribution in [0.5, 0.6) is 0 Å². The Kier molecular flexibility index (Phi) is 4.16. The number of carbonyl (C=O) groups excluding carboxylic acids is 2. The molecule has 0 atom stereocenters. The van der Waals surface area contributed by atoms with Crippen molar-refractivity contribution in [3.05, 3.63) is 53.5 Å². The van der Waals surface area contributed by atoms with E-state index in [9.17, 15) is 9.59 Å². The lowest BCUT2D eigenvalue weighted by Crippen LogP contribution is -2.54. The van der Waals surface area contributed by atoms with Crippen LogP contribution in [0.15, 0.2) is 56.7 Å². The van der Waals surface area contributed by atoms with Crippen LogP contribution >= 0.6 is 12.2 Å². The first-order valence-electron chi connectivity index (χ1n) is 8.00. The van der Waals surface area contributed by atoms with E-state index in [-0.39, 0.29) is 10.7 Å². The van der Waals surface area contributed by atoms with Crippen molar-refractivity contribution in [1.29, 1.82) is 0 Å². The highest BCUT2D eigenvalue weighted by atomic mass is 32.1. The Balaban J connectivity index is 1.63. The maximum absolute atomic E-state index is 12.9. The van der Waals surface area contributed by atoms with Gasteiger partial charge in [0.25, 0.3) is 11.8 Å². The van der Waals surface area contributed by atoms with E-state index >= 15 is 0 Å². The molecule has 2 aromatic rings. The molecule has 2 amide bonds. The molecule has 10 heteroatoms. The van der Waals surface area contributed by atoms with Gasteiger partial charge in [0.05, 0.1) is 11.4 Å². The Morgan fingerprint density at radius 1 is 1.15 bits per heavy atom. The number of aryl methyl sites for hydroxylation is 1. The summed E-state index contributed by atoms with van der Waals surface area (Å²) in [5, 5.41) is 11.8. The largest absolute Gasteiger partial charge is 0.462 e. The lowest BCUT2D eigenvalue weighted by Gasteiger charge is -2.29. The van der Waals surface area contributed by atoms with E-state index in [0.29, 0.717) is 23.9 Å². The van der Waals surface area contributed by atoms with Crippen LogP contribution in [0.1, 0.15) is 11.5 Å². The number of nitrogens with one attached hydrogen (secondary N) is 2. The van der Waals surface area contributed by atoms with Gasteiger partial charge in [-0.15, -0.1) is 5.11 Å². The Labute approximate surface area is 159 Å². The molecule has 0 saturated carbocycles. The molecular weight excluding hydrogens is 368 g/mol. The molecule has 2 aliphatic heterocycles. The molecule has 1 saturated heterocycles. The molecule has 0 bridgehead atoms. The van der Waals surface area contributed by atoms with Gasteiger partial charge in [0.2, 0.25) is 0 Å². The normalized spacial score (nSPS) is 18.3. The molecule has 0 spiro atoms. The van der Waals surface area contributed by atoms with E-state index in [1.54, 1.807) is 48.3 Å². The van der Waals surface area contributed by atoms with Crippen molar-refractivity contribution in [1.82, 2.24) is 10.9 Å². The summed E-state index contributed by atoms with van der Waals surface area (Å²) in [5.41, 5.74) is 4.04. The van der Waals surface area contributed by atoms with Crippen LogP contribution < -0.4 is 20.8 Å². The van der Waals surface area contributed by atoms with Crippen molar-refractivity contribution < 1.29 is 14.0 Å². The molecule has 0 unspecified atom stereocenters. The number of hydrogen-bond acceptors (Lipinski definition) is 8. The third kappa shape index (κ3) is 3.17. The molecule has 2 N–H and O–H groups in total. The van der Waals surface area contributed by atoms with Gasteiger partial charge in [0.15, 0.2) is 11.8 Å². The van der Waals surface area contributed by atoms with E-state index in [4.69, 9.17) is 16.6 Å². The van der Waals surface area contributed by atoms with Crippen LogP contribution in [0.2, 0.25) is 0 Å². The lowest BCUT2D eigenvalue weighted by molar-refractivity contribution is -0.122. The topological polar surface area (TPSA) is 103 Å². The molecule has 0 aliphatic carbocycles. The number of amides is 2. The summed E-state index contributed by atoms with van der Waals surface area (Å²) in [6.45, 7) is 2.18. The van der Waals surface area contributed by atoms with Gasteiger partial charge in [-0.25, -0.2) is 5.01 Å². The van der Waals surface area contributed by atoms with Gasteiger partial charge in [-0.05, 0) is 61.6 Å². The predicted octanol–water partition coefficient (Wildman–Crippen LogP) is 2.07. The van der Waals surface area contributed by atoms with Crippen molar-refractivity contribution in [2.45, 2.75) is 6.92 Å². The summed E-state index contributed by atoms with van der Waals surface area (Å²) in [6, 6.07) is 10.5. The second kappa shape index (κ2) is 6.65. The number of hydrazine groups is 1. The average Bonchev–Trinajstić information content (AvgIpc) is 3.31. The van der Waals surface area contributed by atoms with Crippen LogP contribution in [0.25, 0.3) is 6.08 Å². The van der Waals surface area contributed by atoms with E-state index in [2.05, 4.69) is 21.2 Å². The fourth-order valence-electron chi connectivity index (χ4n) is 2.70. The maximum atomic E-state index is 12.9. The number of nitrogens with zero attached hydrogens (tertiary/aromatic N) is 4. The van der Waals surface area contributed by atoms with Gasteiger partial charge in [-0.1, -0.05) is 5.22 Å². The van der Waals surface area contributed by atoms with Crippen LogP contribution in [-0.4, -0.2) is 23.6 Å². The molecule has 27 heavy (non-hydrogen) atoms. The summed E-state index contributed by atoms with van der Waals surface area (Å²) in [4.78, 5) is 26.4. The van der Waals surface area contributed by atoms with Crippen molar-refractivity contribution in [3.8, 4) is 0 Å². The highest BCUT2D eigenvalue weighted by Gasteiger charge is 2.34. The second-order valence-corrected chi connectivity index (χ2v) is 6.22. The minimum Gasteiger partial charge on any atom is -0.462 e. The molecule has 2 aliphatic rings. The van der Waals surface area contributed by atoms with Gasteiger partial charge >= 0.3 is 0 Å². The average molecular weight is 382 g/mol. The summed E-state index contributed by atoms with van der Waals surface area (Å²) >= 11 is 5.19. The number of benzene rings is 1. The SMILES string of the molecule is Cc1ccc(/C=C2\C(=O)NC(=S)N(c3ccc(N4CN=NN4)cc3)C2=O)o1. The van der Waals surface area contributed by atoms with Crippen LogP contribution in [0.3, 0.4) is 0 Å². The number of furan rings is 1. The van der Waals surface area contributed by atoms with E-state index < -0.39 is 11.8 Å². The molecule has 3 heterocycles. The zero-order valence-electron chi connectivity index (χ0n) is 14.2. The molecule has 136 valence electrons. The van der Waals surface area contributed by atoms with Crippen molar-refractivity contribution in [2.75, 3.05) is 16.6 Å². The van der Waals surface area contributed by atoms with Crippen molar-refractivity contribution in [3.63, 3.8) is 0 Å². The third-order valence-corrected chi connectivity index (χ3v) is 4.29. The second-order valence-electron chi connectivity index (χ2n) is 5.83. The smallest absolute Gasteiger partial charge is 0.270 e.